The number of nitrogens with one attached hydrogen (secondary N) is 2. The van der Waals surface area contributed by atoms with Gasteiger partial charge in [0, 0.05) is 55.2 Å². The van der Waals surface area contributed by atoms with Crippen LogP contribution < -0.4 is 15.5 Å². The Kier molecular flexibility index (Phi) is 6.94. The van der Waals surface area contributed by atoms with Crippen LogP contribution in [0.15, 0.2) is 48.5 Å². The molecule has 0 radical (unpaired) electrons. The maximum atomic E-state index is 6.17. The molecule has 1 atom stereocenters. The second-order valence-corrected chi connectivity index (χ2v) is 7.77. The fraction of sp³-hybridized carbons (Fsp3) is 0.381. The van der Waals surface area contributed by atoms with Crippen molar-refractivity contribution in [3.05, 3.63) is 59.1 Å². The molecule has 0 aliphatic carbocycles. The maximum absolute atomic E-state index is 6.17. The topological polar surface area (TPSA) is 30.5 Å². The van der Waals surface area contributed by atoms with Gasteiger partial charge in [0.05, 0.1) is 0 Å². The third-order valence-electron chi connectivity index (χ3n) is 5.13. The Morgan fingerprint density at radius 1 is 1.07 bits per heavy atom. The van der Waals surface area contributed by atoms with Gasteiger partial charge in [0.25, 0.3) is 0 Å². The molecule has 3 rings (SSSR count). The molecule has 0 spiro atoms. The van der Waals surface area contributed by atoms with Gasteiger partial charge in [-0.1, -0.05) is 35.9 Å². The SMILES string of the molecule is Cc1c(Cl)cccc1NC(=S)NCC(C)N1CCN(c2ccccc2)CC1. The molecule has 0 bridgehead atoms. The van der Waals surface area contributed by atoms with E-state index >= 15 is 0 Å². The summed E-state index contributed by atoms with van der Waals surface area (Å²) < 4.78 is 0. The smallest absolute Gasteiger partial charge is 0.170 e. The largest absolute Gasteiger partial charge is 0.369 e. The fourth-order valence-corrected chi connectivity index (χ4v) is 3.71. The van der Waals surface area contributed by atoms with Crippen LogP contribution in [0.1, 0.15) is 12.5 Å². The van der Waals surface area contributed by atoms with Crippen molar-refractivity contribution < 1.29 is 0 Å². The first-order valence-electron chi connectivity index (χ1n) is 9.38. The molecule has 2 N–H and O–H groups in total. The van der Waals surface area contributed by atoms with Gasteiger partial charge in [-0.05, 0) is 55.9 Å². The zero-order valence-electron chi connectivity index (χ0n) is 15.9. The highest BCUT2D eigenvalue weighted by Gasteiger charge is 2.21. The van der Waals surface area contributed by atoms with Gasteiger partial charge in [-0.2, -0.15) is 0 Å². The summed E-state index contributed by atoms with van der Waals surface area (Å²) in [6, 6.07) is 16.9. The molecule has 0 amide bonds. The summed E-state index contributed by atoms with van der Waals surface area (Å²) >= 11 is 11.6. The predicted octanol–water partition coefficient (Wildman–Crippen LogP) is 4.15. The second-order valence-electron chi connectivity index (χ2n) is 6.96. The maximum Gasteiger partial charge on any atom is 0.170 e. The number of thiocarbonyl (C=S) groups is 1. The van der Waals surface area contributed by atoms with Gasteiger partial charge in [-0.25, -0.2) is 0 Å². The van der Waals surface area contributed by atoms with Crippen molar-refractivity contribution in [2.75, 3.05) is 42.9 Å². The Bertz CT molecular complexity index is 760. The van der Waals surface area contributed by atoms with Crippen molar-refractivity contribution in [2.24, 2.45) is 0 Å². The van der Waals surface area contributed by atoms with Crippen LogP contribution in [0.25, 0.3) is 0 Å². The number of anilines is 2. The Morgan fingerprint density at radius 2 is 1.78 bits per heavy atom. The standard InChI is InChI=1S/C21H27ClN4S/c1-16(15-23-21(27)24-20-10-6-9-19(22)17(20)2)25-11-13-26(14-12-25)18-7-4-3-5-8-18/h3-10,16H,11-15H2,1-2H3,(H2,23,24,27). The molecule has 1 aliphatic rings. The normalized spacial score (nSPS) is 16.0. The third-order valence-corrected chi connectivity index (χ3v) is 5.79. The summed E-state index contributed by atoms with van der Waals surface area (Å²) in [6.45, 7) is 9.28. The van der Waals surface area contributed by atoms with Crippen LogP contribution in [-0.2, 0) is 0 Å². The Hall–Kier alpha value is -1.82. The Labute approximate surface area is 172 Å². The van der Waals surface area contributed by atoms with Gasteiger partial charge in [-0.15, -0.1) is 0 Å². The number of rotatable bonds is 5. The van der Waals surface area contributed by atoms with Gasteiger partial charge in [0.2, 0.25) is 0 Å². The van der Waals surface area contributed by atoms with Gasteiger partial charge >= 0.3 is 0 Å². The molecule has 1 saturated heterocycles. The van der Waals surface area contributed by atoms with E-state index in [2.05, 4.69) is 57.7 Å². The summed E-state index contributed by atoms with van der Waals surface area (Å²) in [7, 11) is 0. The Morgan fingerprint density at radius 3 is 2.48 bits per heavy atom. The number of nitrogens with zero attached hydrogens (tertiary/aromatic N) is 2. The van der Waals surface area contributed by atoms with Crippen molar-refractivity contribution in [1.29, 1.82) is 0 Å². The predicted molar refractivity (Wildman–Crippen MR) is 120 cm³/mol. The van der Waals surface area contributed by atoms with Gasteiger partial charge < -0.3 is 15.5 Å². The first kappa shape index (κ1) is 19.9. The summed E-state index contributed by atoms with van der Waals surface area (Å²) in [5.41, 5.74) is 3.27. The van der Waals surface area contributed by atoms with Crippen LogP contribution in [0.5, 0.6) is 0 Å². The van der Waals surface area contributed by atoms with E-state index in [0.717, 1.165) is 49.0 Å². The number of para-hydroxylation sites is 1. The summed E-state index contributed by atoms with van der Waals surface area (Å²) in [4.78, 5) is 4.96. The minimum absolute atomic E-state index is 0.420. The van der Waals surface area contributed by atoms with Crippen molar-refractivity contribution in [3.63, 3.8) is 0 Å². The number of hydrogen-bond donors (Lipinski definition) is 2. The number of halogens is 1. The highest BCUT2D eigenvalue weighted by atomic mass is 35.5. The quantitative estimate of drug-likeness (QED) is 0.734. The van der Waals surface area contributed by atoms with E-state index in [1.165, 1.54) is 5.69 Å². The third kappa shape index (κ3) is 5.34. The van der Waals surface area contributed by atoms with Gasteiger partial charge in [0.15, 0.2) is 5.11 Å². The molecular weight excluding hydrogens is 376 g/mol. The van der Waals surface area contributed by atoms with E-state index in [9.17, 15) is 0 Å². The van der Waals surface area contributed by atoms with E-state index in [0.29, 0.717) is 11.2 Å². The fourth-order valence-electron chi connectivity index (χ4n) is 3.34. The lowest BCUT2D eigenvalue weighted by molar-refractivity contribution is 0.198. The zero-order chi connectivity index (χ0) is 19.2. The van der Waals surface area contributed by atoms with Gasteiger partial charge in [-0.3, -0.25) is 4.90 Å². The van der Waals surface area contributed by atoms with Crippen molar-refractivity contribution in [2.45, 2.75) is 19.9 Å². The molecule has 0 aromatic heterocycles. The molecule has 27 heavy (non-hydrogen) atoms. The lowest BCUT2D eigenvalue weighted by atomic mass is 10.2. The monoisotopic (exact) mass is 402 g/mol. The molecular formula is C21H27ClN4S. The average Bonchev–Trinajstić information content (AvgIpc) is 2.70. The van der Waals surface area contributed by atoms with Crippen molar-refractivity contribution in [1.82, 2.24) is 10.2 Å². The number of benzene rings is 2. The highest BCUT2D eigenvalue weighted by molar-refractivity contribution is 7.80. The van der Waals surface area contributed by atoms with Crippen LogP contribution in [0.2, 0.25) is 5.02 Å². The average molecular weight is 403 g/mol. The molecule has 4 nitrogen and oxygen atoms in total. The zero-order valence-corrected chi connectivity index (χ0v) is 17.5. The van der Waals surface area contributed by atoms with E-state index in [4.69, 9.17) is 23.8 Å². The first-order valence-corrected chi connectivity index (χ1v) is 10.2. The van der Waals surface area contributed by atoms with E-state index in [1.54, 1.807) is 0 Å². The lowest BCUT2D eigenvalue weighted by Gasteiger charge is -2.39. The van der Waals surface area contributed by atoms with E-state index < -0.39 is 0 Å². The Balaban J connectivity index is 1.44. The molecule has 144 valence electrons. The van der Waals surface area contributed by atoms with Crippen molar-refractivity contribution in [3.8, 4) is 0 Å². The van der Waals surface area contributed by atoms with Crippen LogP contribution in [0, 0.1) is 6.92 Å². The summed E-state index contributed by atoms with van der Waals surface area (Å²) in [6.07, 6.45) is 0. The molecule has 1 unspecified atom stereocenters. The minimum atomic E-state index is 0.420. The molecule has 1 fully saturated rings. The minimum Gasteiger partial charge on any atom is -0.369 e. The molecule has 1 aliphatic heterocycles. The lowest BCUT2D eigenvalue weighted by Crippen LogP contribution is -2.52. The molecule has 2 aromatic carbocycles. The van der Waals surface area contributed by atoms with Crippen LogP contribution in [0.3, 0.4) is 0 Å². The molecule has 2 aromatic rings. The van der Waals surface area contributed by atoms with Crippen molar-refractivity contribution >= 4 is 40.3 Å². The second kappa shape index (κ2) is 9.40. The molecule has 6 heteroatoms. The summed E-state index contributed by atoms with van der Waals surface area (Å²) in [5, 5.41) is 7.96. The van der Waals surface area contributed by atoms with Crippen LogP contribution in [-0.4, -0.2) is 48.8 Å². The number of hydrogen-bond acceptors (Lipinski definition) is 3. The highest BCUT2D eigenvalue weighted by Crippen LogP contribution is 2.22. The van der Waals surface area contributed by atoms with E-state index in [-0.39, 0.29) is 0 Å². The van der Waals surface area contributed by atoms with Gasteiger partial charge in [0.1, 0.15) is 0 Å². The van der Waals surface area contributed by atoms with Crippen LogP contribution >= 0.6 is 23.8 Å². The van der Waals surface area contributed by atoms with E-state index in [1.807, 2.05) is 25.1 Å². The summed E-state index contributed by atoms with van der Waals surface area (Å²) in [5.74, 6) is 0. The van der Waals surface area contributed by atoms with Crippen LogP contribution in [0.4, 0.5) is 11.4 Å². The molecule has 1 heterocycles. The number of piperazine rings is 1. The first-order chi connectivity index (χ1) is 13.0. The molecule has 0 saturated carbocycles.